The summed E-state index contributed by atoms with van der Waals surface area (Å²) < 4.78 is 0. The van der Waals surface area contributed by atoms with Gasteiger partial charge in [-0.15, -0.1) is 0 Å². The maximum absolute atomic E-state index is 12.9. The molecule has 2 rings (SSSR count). The molecule has 1 N–H and O–H groups in total. The summed E-state index contributed by atoms with van der Waals surface area (Å²) in [6.07, 6.45) is 0.465. The number of likely N-dealkylation sites (N-methyl/N-ethyl adjacent to an activating group) is 1. The van der Waals surface area contributed by atoms with Gasteiger partial charge in [-0.3, -0.25) is 9.59 Å². The van der Waals surface area contributed by atoms with Crippen LogP contribution in [0.2, 0.25) is 5.02 Å². The Bertz CT molecular complexity index is 729. The first-order valence-electron chi connectivity index (χ1n) is 8.72. The Morgan fingerprint density at radius 1 is 1.00 bits per heavy atom. The van der Waals surface area contributed by atoms with Gasteiger partial charge in [0.25, 0.3) is 0 Å². The summed E-state index contributed by atoms with van der Waals surface area (Å²) in [6.45, 7) is 4.06. The number of rotatable bonds is 7. The fourth-order valence-corrected chi connectivity index (χ4v) is 2.93. The second kappa shape index (κ2) is 9.39. The van der Waals surface area contributed by atoms with Gasteiger partial charge in [0, 0.05) is 31.0 Å². The molecule has 0 bridgehead atoms. The van der Waals surface area contributed by atoms with Gasteiger partial charge in [0.05, 0.1) is 0 Å². The van der Waals surface area contributed by atoms with Crippen molar-refractivity contribution in [2.45, 2.75) is 32.9 Å². The molecule has 0 aliphatic carbocycles. The molecule has 0 spiro atoms. The molecule has 0 radical (unpaired) electrons. The lowest BCUT2D eigenvalue weighted by molar-refractivity contribution is -0.143. The van der Waals surface area contributed by atoms with E-state index < -0.39 is 6.04 Å². The van der Waals surface area contributed by atoms with E-state index in [-0.39, 0.29) is 17.7 Å². The number of carbonyl (C=O) groups excluding carboxylic acids is 2. The van der Waals surface area contributed by atoms with E-state index in [1.54, 1.807) is 24.1 Å². The van der Waals surface area contributed by atoms with Gasteiger partial charge in [-0.05, 0) is 23.3 Å². The van der Waals surface area contributed by atoms with Gasteiger partial charge in [-0.25, -0.2) is 0 Å². The van der Waals surface area contributed by atoms with Crippen LogP contribution in [0.5, 0.6) is 0 Å². The summed E-state index contributed by atoms with van der Waals surface area (Å²) in [5.41, 5.74) is 1.95. The topological polar surface area (TPSA) is 49.4 Å². The molecule has 0 heterocycles. The highest BCUT2D eigenvalue weighted by molar-refractivity contribution is 6.30. The van der Waals surface area contributed by atoms with E-state index in [1.807, 2.05) is 56.3 Å². The summed E-state index contributed by atoms with van der Waals surface area (Å²) in [6, 6.07) is 16.5. The average Bonchev–Trinajstić information content (AvgIpc) is 2.65. The highest BCUT2D eigenvalue weighted by Gasteiger charge is 2.30. The summed E-state index contributed by atoms with van der Waals surface area (Å²) in [7, 11) is 1.60. The highest BCUT2D eigenvalue weighted by Crippen LogP contribution is 2.18. The van der Waals surface area contributed by atoms with Gasteiger partial charge in [0.15, 0.2) is 0 Å². The van der Waals surface area contributed by atoms with E-state index in [0.29, 0.717) is 18.0 Å². The number of nitrogens with zero attached hydrogens (tertiary/aromatic N) is 1. The van der Waals surface area contributed by atoms with Crippen molar-refractivity contribution in [1.29, 1.82) is 0 Å². The van der Waals surface area contributed by atoms with Crippen molar-refractivity contribution in [3.05, 3.63) is 70.7 Å². The molecule has 0 saturated heterocycles. The zero-order valence-electron chi connectivity index (χ0n) is 15.4. The number of nitrogens with one attached hydrogen (secondary N) is 1. The predicted octanol–water partition coefficient (Wildman–Crippen LogP) is 3.68. The Morgan fingerprint density at radius 3 is 2.15 bits per heavy atom. The van der Waals surface area contributed by atoms with Gasteiger partial charge in [0.2, 0.25) is 11.8 Å². The van der Waals surface area contributed by atoms with Crippen molar-refractivity contribution in [3.8, 4) is 0 Å². The Hall–Kier alpha value is -2.33. The van der Waals surface area contributed by atoms with E-state index in [1.165, 1.54) is 0 Å². The molecule has 2 aromatic carbocycles. The lowest BCUT2D eigenvalue weighted by Gasteiger charge is -2.32. The van der Waals surface area contributed by atoms with E-state index in [9.17, 15) is 9.59 Å². The molecule has 1 atom stereocenters. The number of hydrogen-bond donors (Lipinski definition) is 1. The standard InChI is InChI=1S/C21H25ClN2O2/c1-15(2)21(26)24(14-17-9-11-18(22)12-10-17)19(20(25)23-3)13-16-7-5-4-6-8-16/h4-12,15,19H,13-14H2,1-3H3,(H,23,25)/t19-/m1/s1. The van der Waals surface area contributed by atoms with Crippen molar-refractivity contribution in [2.75, 3.05) is 7.05 Å². The average molecular weight is 373 g/mol. The molecule has 0 saturated carbocycles. The minimum absolute atomic E-state index is 0.0514. The van der Waals surface area contributed by atoms with Crippen LogP contribution in [0.3, 0.4) is 0 Å². The third-order valence-corrected chi connectivity index (χ3v) is 4.49. The molecular weight excluding hydrogens is 348 g/mol. The van der Waals surface area contributed by atoms with Crippen LogP contribution in [0.15, 0.2) is 54.6 Å². The molecule has 138 valence electrons. The van der Waals surface area contributed by atoms with Crippen molar-refractivity contribution < 1.29 is 9.59 Å². The zero-order chi connectivity index (χ0) is 19.1. The summed E-state index contributed by atoms with van der Waals surface area (Å²) in [4.78, 5) is 27.2. The SMILES string of the molecule is CNC(=O)[C@@H](Cc1ccccc1)N(Cc1ccc(Cl)cc1)C(=O)C(C)C. The van der Waals surface area contributed by atoms with Crippen LogP contribution in [0, 0.1) is 5.92 Å². The van der Waals surface area contributed by atoms with Crippen LogP contribution in [0.4, 0.5) is 0 Å². The first kappa shape index (κ1) is 20.0. The second-order valence-corrected chi connectivity index (χ2v) is 7.00. The Balaban J connectivity index is 2.35. The monoisotopic (exact) mass is 372 g/mol. The minimum atomic E-state index is -0.576. The van der Waals surface area contributed by atoms with Crippen molar-refractivity contribution in [3.63, 3.8) is 0 Å². The maximum Gasteiger partial charge on any atom is 0.242 e. The summed E-state index contributed by atoms with van der Waals surface area (Å²) in [5.74, 6) is -0.425. The first-order chi connectivity index (χ1) is 12.4. The molecule has 26 heavy (non-hydrogen) atoms. The van der Waals surface area contributed by atoms with Crippen molar-refractivity contribution in [2.24, 2.45) is 5.92 Å². The fraction of sp³-hybridized carbons (Fsp3) is 0.333. The molecule has 4 nitrogen and oxygen atoms in total. The third kappa shape index (κ3) is 5.33. The van der Waals surface area contributed by atoms with Gasteiger partial charge >= 0.3 is 0 Å². The molecule has 0 fully saturated rings. The van der Waals surface area contributed by atoms with E-state index in [4.69, 9.17) is 11.6 Å². The zero-order valence-corrected chi connectivity index (χ0v) is 16.2. The van der Waals surface area contributed by atoms with E-state index in [2.05, 4.69) is 5.32 Å². The second-order valence-electron chi connectivity index (χ2n) is 6.57. The van der Waals surface area contributed by atoms with Gasteiger partial charge in [0.1, 0.15) is 6.04 Å². The van der Waals surface area contributed by atoms with Crippen molar-refractivity contribution >= 4 is 23.4 Å². The fourth-order valence-electron chi connectivity index (χ4n) is 2.81. The lowest BCUT2D eigenvalue weighted by Crippen LogP contribution is -2.50. The van der Waals surface area contributed by atoms with Crippen LogP contribution in [-0.2, 0) is 22.6 Å². The Labute approximate surface area is 160 Å². The highest BCUT2D eigenvalue weighted by atomic mass is 35.5. The molecule has 0 unspecified atom stereocenters. The van der Waals surface area contributed by atoms with Crippen LogP contribution in [0.1, 0.15) is 25.0 Å². The minimum Gasteiger partial charge on any atom is -0.357 e. The van der Waals surface area contributed by atoms with E-state index >= 15 is 0 Å². The number of halogens is 1. The molecule has 5 heteroatoms. The van der Waals surface area contributed by atoms with Crippen LogP contribution in [0.25, 0.3) is 0 Å². The quantitative estimate of drug-likeness (QED) is 0.805. The van der Waals surface area contributed by atoms with Gasteiger partial charge < -0.3 is 10.2 Å². The first-order valence-corrected chi connectivity index (χ1v) is 9.10. The summed E-state index contributed by atoms with van der Waals surface area (Å²) in [5, 5.41) is 3.34. The van der Waals surface area contributed by atoms with Crippen LogP contribution >= 0.6 is 11.6 Å². The predicted molar refractivity (Wildman–Crippen MR) is 105 cm³/mol. The number of hydrogen-bond acceptors (Lipinski definition) is 2. The molecule has 0 aliphatic heterocycles. The maximum atomic E-state index is 12.9. The van der Waals surface area contributed by atoms with Crippen molar-refractivity contribution in [1.82, 2.24) is 10.2 Å². The Kier molecular flexibility index (Phi) is 7.22. The molecule has 0 aromatic heterocycles. The van der Waals surface area contributed by atoms with E-state index in [0.717, 1.165) is 11.1 Å². The normalized spacial score (nSPS) is 11.9. The molecule has 2 aromatic rings. The number of benzene rings is 2. The van der Waals surface area contributed by atoms with Gasteiger partial charge in [-0.2, -0.15) is 0 Å². The van der Waals surface area contributed by atoms with Gasteiger partial charge in [-0.1, -0.05) is 67.9 Å². The molecular formula is C21H25ClN2O2. The largest absolute Gasteiger partial charge is 0.357 e. The molecule has 2 amide bonds. The Morgan fingerprint density at radius 2 is 1.62 bits per heavy atom. The third-order valence-electron chi connectivity index (χ3n) is 4.24. The summed E-state index contributed by atoms with van der Waals surface area (Å²) >= 11 is 5.96. The lowest BCUT2D eigenvalue weighted by atomic mass is 10.0. The molecule has 0 aliphatic rings. The smallest absolute Gasteiger partial charge is 0.242 e. The number of amides is 2. The van der Waals surface area contributed by atoms with Crippen LogP contribution < -0.4 is 5.32 Å². The van der Waals surface area contributed by atoms with Crippen LogP contribution in [-0.4, -0.2) is 29.8 Å². The number of carbonyl (C=O) groups is 2.